The smallest absolute Gasteiger partial charge is 0.0487 e. The Kier molecular flexibility index (Phi) is 5.27. The number of hydrogen-bond donors (Lipinski definition) is 1. The number of nitrogens with one attached hydrogen (secondary N) is 1. The molecular formula is C17H24BrNS. The normalized spacial score (nSPS) is 12.5. The number of thiophene rings is 1. The fourth-order valence-electron chi connectivity index (χ4n) is 2.47. The van der Waals surface area contributed by atoms with Crippen molar-refractivity contribution in [2.75, 3.05) is 13.1 Å². The van der Waals surface area contributed by atoms with Crippen LogP contribution in [-0.2, 0) is 5.41 Å². The summed E-state index contributed by atoms with van der Waals surface area (Å²) in [5, 5.41) is 7.29. The molecule has 0 radical (unpaired) electrons. The molecule has 2 aromatic rings. The second kappa shape index (κ2) is 6.59. The van der Waals surface area contributed by atoms with Crippen LogP contribution in [0.5, 0.6) is 0 Å². The standard InChI is InChI=1S/C17H24BrNS/c1-12(2)10-19-9-8-17(3,4)14-11-20-16-13(14)6-5-7-15(16)18/h5-7,11-12,19H,8-10H2,1-4H3. The van der Waals surface area contributed by atoms with Crippen molar-refractivity contribution >= 4 is 37.4 Å². The van der Waals surface area contributed by atoms with Gasteiger partial charge in [0.05, 0.1) is 0 Å². The zero-order valence-corrected chi connectivity index (χ0v) is 15.2. The predicted molar refractivity (Wildman–Crippen MR) is 94.9 cm³/mol. The first-order chi connectivity index (χ1) is 9.42. The zero-order valence-electron chi connectivity index (χ0n) is 12.8. The van der Waals surface area contributed by atoms with Crippen molar-refractivity contribution in [2.45, 2.75) is 39.5 Å². The fourth-order valence-corrected chi connectivity index (χ4v) is 4.29. The molecule has 1 heterocycles. The molecule has 0 spiro atoms. The molecule has 1 aromatic carbocycles. The van der Waals surface area contributed by atoms with Crippen LogP contribution in [0.1, 0.15) is 39.7 Å². The van der Waals surface area contributed by atoms with Crippen LogP contribution in [0.2, 0.25) is 0 Å². The molecule has 1 nitrogen and oxygen atoms in total. The minimum atomic E-state index is 0.211. The van der Waals surface area contributed by atoms with Gasteiger partial charge in [-0.1, -0.05) is 39.8 Å². The van der Waals surface area contributed by atoms with E-state index in [0.29, 0.717) is 0 Å². The molecule has 3 heteroatoms. The van der Waals surface area contributed by atoms with Gasteiger partial charge >= 0.3 is 0 Å². The SMILES string of the molecule is CC(C)CNCCC(C)(C)c1csc2c(Br)cccc12. The average Bonchev–Trinajstić information content (AvgIpc) is 2.80. The number of halogens is 1. The highest BCUT2D eigenvalue weighted by atomic mass is 79.9. The fraction of sp³-hybridized carbons (Fsp3) is 0.529. The Morgan fingerprint density at radius 3 is 2.75 bits per heavy atom. The molecule has 0 fully saturated rings. The summed E-state index contributed by atoms with van der Waals surface area (Å²) in [4.78, 5) is 0. The van der Waals surface area contributed by atoms with Crippen molar-refractivity contribution in [3.63, 3.8) is 0 Å². The summed E-state index contributed by atoms with van der Waals surface area (Å²) in [5.74, 6) is 0.719. The summed E-state index contributed by atoms with van der Waals surface area (Å²) in [6, 6.07) is 6.50. The summed E-state index contributed by atoms with van der Waals surface area (Å²) >= 11 is 5.50. The van der Waals surface area contributed by atoms with Crippen molar-refractivity contribution < 1.29 is 0 Å². The van der Waals surface area contributed by atoms with E-state index in [1.165, 1.54) is 20.1 Å². The largest absolute Gasteiger partial charge is 0.316 e. The van der Waals surface area contributed by atoms with Gasteiger partial charge in [-0.25, -0.2) is 0 Å². The quantitative estimate of drug-likeness (QED) is 0.668. The van der Waals surface area contributed by atoms with E-state index in [9.17, 15) is 0 Å². The maximum Gasteiger partial charge on any atom is 0.0487 e. The monoisotopic (exact) mass is 353 g/mol. The van der Waals surface area contributed by atoms with Crippen molar-refractivity contribution in [1.29, 1.82) is 0 Å². The second-order valence-corrected chi connectivity index (χ2v) is 8.23. The van der Waals surface area contributed by atoms with E-state index in [1.807, 2.05) is 11.3 Å². The first-order valence-corrected chi connectivity index (χ1v) is 8.96. The molecule has 110 valence electrons. The van der Waals surface area contributed by atoms with E-state index in [4.69, 9.17) is 0 Å². The van der Waals surface area contributed by atoms with Crippen LogP contribution < -0.4 is 5.32 Å². The third kappa shape index (κ3) is 3.63. The van der Waals surface area contributed by atoms with Crippen LogP contribution in [0.4, 0.5) is 0 Å². The van der Waals surface area contributed by atoms with Crippen LogP contribution in [0.15, 0.2) is 28.1 Å². The van der Waals surface area contributed by atoms with Gasteiger partial charge in [-0.05, 0) is 69.2 Å². The van der Waals surface area contributed by atoms with Crippen LogP contribution in [-0.4, -0.2) is 13.1 Å². The number of hydrogen-bond acceptors (Lipinski definition) is 2. The van der Waals surface area contributed by atoms with Gasteiger partial charge in [0.15, 0.2) is 0 Å². The minimum Gasteiger partial charge on any atom is -0.316 e. The van der Waals surface area contributed by atoms with Gasteiger partial charge in [-0.15, -0.1) is 11.3 Å². The van der Waals surface area contributed by atoms with E-state index in [1.54, 1.807) is 0 Å². The number of fused-ring (bicyclic) bond motifs is 1. The molecule has 0 aliphatic rings. The van der Waals surface area contributed by atoms with E-state index in [0.717, 1.165) is 25.4 Å². The van der Waals surface area contributed by atoms with Crippen LogP contribution in [0, 0.1) is 5.92 Å². The molecular weight excluding hydrogens is 330 g/mol. The Labute approximate surface area is 134 Å². The zero-order chi connectivity index (χ0) is 14.8. The molecule has 0 aliphatic heterocycles. The lowest BCUT2D eigenvalue weighted by molar-refractivity contribution is 0.445. The highest BCUT2D eigenvalue weighted by Crippen LogP contribution is 2.39. The summed E-state index contributed by atoms with van der Waals surface area (Å²) in [5.41, 5.74) is 1.69. The molecule has 0 saturated heterocycles. The lowest BCUT2D eigenvalue weighted by Gasteiger charge is -2.25. The summed E-state index contributed by atoms with van der Waals surface area (Å²) < 4.78 is 2.57. The third-order valence-corrected chi connectivity index (χ3v) is 5.71. The van der Waals surface area contributed by atoms with Crippen LogP contribution in [0.25, 0.3) is 10.1 Å². The maximum absolute atomic E-state index is 3.65. The predicted octanol–water partition coefficient (Wildman–Crippen LogP) is 5.58. The molecule has 0 bridgehead atoms. The van der Waals surface area contributed by atoms with Gasteiger partial charge in [0, 0.05) is 9.17 Å². The third-order valence-electron chi connectivity index (χ3n) is 3.76. The molecule has 1 aromatic heterocycles. The van der Waals surface area contributed by atoms with Gasteiger partial charge < -0.3 is 5.32 Å². The lowest BCUT2D eigenvalue weighted by atomic mass is 9.81. The molecule has 0 aliphatic carbocycles. The molecule has 0 unspecified atom stereocenters. The maximum atomic E-state index is 3.65. The van der Waals surface area contributed by atoms with Gasteiger partial charge in [-0.2, -0.15) is 0 Å². The lowest BCUT2D eigenvalue weighted by Crippen LogP contribution is -2.27. The minimum absolute atomic E-state index is 0.211. The first-order valence-electron chi connectivity index (χ1n) is 7.29. The van der Waals surface area contributed by atoms with Crippen molar-refractivity contribution in [1.82, 2.24) is 5.32 Å². The highest BCUT2D eigenvalue weighted by molar-refractivity contribution is 9.10. The Hall–Kier alpha value is -0.380. The Morgan fingerprint density at radius 1 is 1.30 bits per heavy atom. The van der Waals surface area contributed by atoms with Gasteiger partial charge in [0.1, 0.15) is 0 Å². The van der Waals surface area contributed by atoms with E-state index >= 15 is 0 Å². The second-order valence-electron chi connectivity index (χ2n) is 6.50. The molecule has 2 rings (SSSR count). The van der Waals surface area contributed by atoms with Crippen LogP contribution in [0.3, 0.4) is 0 Å². The Morgan fingerprint density at radius 2 is 2.05 bits per heavy atom. The molecule has 0 saturated carbocycles. The molecule has 20 heavy (non-hydrogen) atoms. The highest BCUT2D eigenvalue weighted by Gasteiger charge is 2.24. The molecule has 0 atom stereocenters. The van der Waals surface area contributed by atoms with Crippen molar-refractivity contribution in [2.24, 2.45) is 5.92 Å². The van der Waals surface area contributed by atoms with E-state index < -0.39 is 0 Å². The number of rotatable bonds is 6. The van der Waals surface area contributed by atoms with Gasteiger partial charge in [-0.3, -0.25) is 0 Å². The molecule has 0 amide bonds. The topological polar surface area (TPSA) is 12.0 Å². The summed E-state index contributed by atoms with van der Waals surface area (Å²) in [7, 11) is 0. The Balaban J connectivity index is 2.13. The molecule has 1 N–H and O–H groups in total. The summed E-state index contributed by atoms with van der Waals surface area (Å²) in [6.07, 6.45) is 1.16. The summed E-state index contributed by atoms with van der Waals surface area (Å²) in [6.45, 7) is 11.4. The van der Waals surface area contributed by atoms with Gasteiger partial charge in [0.2, 0.25) is 0 Å². The first kappa shape index (κ1) is 16.0. The average molecular weight is 354 g/mol. The van der Waals surface area contributed by atoms with E-state index in [2.05, 4.69) is 72.5 Å². The number of benzene rings is 1. The van der Waals surface area contributed by atoms with Crippen molar-refractivity contribution in [3.8, 4) is 0 Å². The van der Waals surface area contributed by atoms with Crippen LogP contribution >= 0.6 is 27.3 Å². The van der Waals surface area contributed by atoms with E-state index in [-0.39, 0.29) is 5.41 Å². The van der Waals surface area contributed by atoms with Gasteiger partial charge in [0.25, 0.3) is 0 Å². The van der Waals surface area contributed by atoms with Crippen molar-refractivity contribution in [3.05, 3.63) is 33.6 Å². The Bertz CT molecular complexity index is 571.